The molecule has 1 fully saturated rings. The summed E-state index contributed by atoms with van der Waals surface area (Å²) >= 11 is 0. The molecule has 2 aliphatic rings. The quantitative estimate of drug-likeness (QED) is 0.773. The summed E-state index contributed by atoms with van der Waals surface area (Å²) in [5.74, 6) is -2.04. The molecular weight excluding hydrogens is 305 g/mol. The molecule has 0 amide bonds. The zero-order chi connectivity index (χ0) is 16.6. The van der Waals surface area contributed by atoms with Gasteiger partial charge in [-0.15, -0.1) is 0 Å². The molecule has 0 spiro atoms. The highest BCUT2D eigenvalue weighted by atomic mass is 19.1. The molecule has 0 aromatic carbocycles. The number of nitrogens with zero attached hydrogens (tertiary/aromatic N) is 2. The Morgan fingerprint density at radius 2 is 2.22 bits per heavy atom. The molecule has 124 valence electrons. The van der Waals surface area contributed by atoms with Gasteiger partial charge in [0.05, 0.1) is 12.8 Å². The Labute approximate surface area is 131 Å². The molecule has 1 aliphatic carbocycles. The molecular formula is C15H18FN3O4. The number of carbonyl (C=O) groups excluding carboxylic acids is 1. The Morgan fingerprint density at radius 3 is 2.83 bits per heavy atom. The van der Waals surface area contributed by atoms with Crippen molar-refractivity contribution in [2.24, 2.45) is 5.92 Å². The Kier molecular flexibility index (Phi) is 4.03. The van der Waals surface area contributed by atoms with E-state index >= 15 is 0 Å². The first kappa shape index (κ1) is 15.8. The highest BCUT2D eigenvalue weighted by Crippen LogP contribution is 2.37. The van der Waals surface area contributed by atoms with Crippen LogP contribution in [0.3, 0.4) is 0 Å². The van der Waals surface area contributed by atoms with Crippen LogP contribution in [0.2, 0.25) is 0 Å². The lowest BCUT2D eigenvalue weighted by Crippen LogP contribution is -2.50. The molecule has 8 heteroatoms. The van der Waals surface area contributed by atoms with Crippen LogP contribution in [0.4, 0.5) is 10.2 Å². The number of hydrogen-bond donors (Lipinski definition) is 2. The van der Waals surface area contributed by atoms with Crippen molar-refractivity contribution in [3.05, 3.63) is 34.7 Å². The fourth-order valence-corrected chi connectivity index (χ4v) is 3.20. The minimum Gasteiger partial charge on any atom is -0.393 e. The van der Waals surface area contributed by atoms with E-state index in [1.165, 1.54) is 12.2 Å². The van der Waals surface area contributed by atoms with E-state index in [0.29, 0.717) is 12.8 Å². The predicted molar refractivity (Wildman–Crippen MR) is 78.9 cm³/mol. The topological polar surface area (TPSA) is 107 Å². The highest BCUT2D eigenvalue weighted by molar-refractivity contribution is 5.90. The minimum atomic E-state index is -1.78. The third-order valence-electron chi connectivity index (χ3n) is 4.39. The maximum atomic E-state index is 13.8. The largest absolute Gasteiger partial charge is 0.393 e. The number of carbonyl (C=O) groups is 1. The van der Waals surface area contributed by atoms with Crippen molar-refractivity contribution >= 4 is 11.6 Å². The number of ketones is 1. The first-order valence-corrected chi connectivity index (χ1v) is 7.55. The molecule has 1 saturated carbocycles. The van der Waals surface area contributed by atoms with Crippen LogP contribution < -0.4 is 11.4 Å². The van der Waals surface area contributed by atoms with Gasteiger partial charge < -0.3 is 15.6 Å². The monoisotopic (exact) mass is 323 g/mol. The van der Waals surface area contributed by atoms with Crippen molar-refractivity contribution in [3.63, 3.8) is 0 Å². The van der Waals surface area contributed by atoms with Crippen molar-refractivity contribution in [2.75, 3.05) is 12.3 Å². The van der Waals surface area contributed by atoms with Gasteiger partial charge in [0.15, 0.2) is 17.4 Å². The normalized spacial score (nSPS) is 27.7. The van der Waals surface area contributed by atoms with Gasteiger partial charge in [-0.2, -0.15) is 4.98 Å². The van der Waals surface area contributed by atoms with Gasteiger partial charge in [0, 0.05) is 5.92 Å². The van der Waals surface area contributed by atoms with Gasteiger partial charge in [-0.05, 0) is 18.9 Å². The molecule has 23 heavy (non-hydrogen) atoms. The van der Waals surface area contributed by atoms with Gasteiger partial charge >= 0.3 is 5.69 Å². The van der Waals surface area contributed by atoms with E-state index in [1.54, 1.807) is 0 Å². The number of halogens is 1. The third-order valence-corrected chi connectivity index (χ3v) is 4.39. The molecule has 2 atom stereocenters. The Balaban J connectivity index is 2.10. The SMILES string of the molecule is Nc1nc(=O)n([C@@]2(C(=O)C3CCCC3)C=C[C@@H](CO)O2)cc1F. The number of rotatable bonds is 4. The van der Waals surface area contributed by atoms with Crippen LogP contribution >= 0.6 is 0 Å². The number of ether oxygens (including phenoxy) is 1. The molecule has 0 bridgehead atoms. The summed E-state index contributed by atoms with van der Waals surface area (Å²) in [4.78, 5) is 28.6. The van der Waals surface area contributed by atoms with Gasteiger partial charge in [0.2, 0.25) is 5.72 Å². The number of aliphatic hydroxyl groups is 1. The summed E-state index contributed by atoms with van der Waals surface area (Å²) in [7, 11) is 0. The molecule has 0 saturated heterocycles. The molecule has 3 rings (SSSR count). The standard InChI is InChI=1S/C15H18FN3O4/c16-11-7-19(14(22)18-13(11)17)15(6-5-10(8-20)23-15)12(21)9-3-1-2-4-9/h5-7,9-10,20H,1-4,8H2,(H2,17,18,22)/t10-,15-/m0/s1. The molecule has 1 aromatic heterocycles. The summed E-state index contributed by atoms with van der Waals surface area (Å²) in [6.45, 7) is -0.351. The molecule has 0 radical (unpaired) electrons. The van der Waals surface area contributed by atoms with Crippen molar-refractivity contribution in [3.8, 4) is 0 Å². The average Bonchev–Trinajstić information content (AvgIpc) is 3.20. The Morgan fingerprint density at radius 1 is 1.52 bits per heavy atom. The van der Waals surface area contributed by atoms with Crippen molar-refractivity contribution in [1.29, 1.82) is 0 Å². The van der Waals surface area contributed by atoms with Gasteiger partial charge in [-0.1, -0.05) is 18.9 Å². The first-order valence-electron chi connectivity index (χ1n) is 7.55. The summed E-state index contributed by atoms with van der Waals surface area (Å²) < 4.78 is 20.3. The fraction of sp³-hybridized carbons (Fsp3) is 0.533. The van der Waals surface area contributed by atoms with Gasteiger partial charge in [-0.25, -0.2) is 9.18 Å². The van der Waals surface area contributed by atoms with E-state index in [-0.39, 0.29) is 18.3 Å². The lowest BCUT2D eigenvalue weighted by Gasteiger charge is -2.31. The number of nitrogen functional groups attached to an aromatic ring is 1. The van der Waals surface area contributed by atoms with Crippen LogP contribution in [0.15, 0.2) is 23.1 Å². The highest BCUT2D eigenvalue weighted by Gasteiger charge is 2.48. The summed E-state index contributed by atoms with van der Waals surface area (Å²) in [5.41, 5.74) is 2.65. The lowest BCUT2D eigenvalue weighted by molar-refractivity contribution is -0.159. The van der Waals surface area contributed by atoms with Crippen molar-refractivity contribution in [1.82, 2.24) is 9.55 Å². The first-order chi connectivity index (χ1) is 11.0. The molecule has 1 aliphatic heterocycles. The minimum absolute atomic E-state index is 0.274. The number of Topliss-reactive ketones (excluding diaryl/α,β-unsaturated/α-hetero) is 1. The van der Waals surface area contributed by atoms with E-state index in [2.05, 4.69) is 4.98 Å². The number of nitrogens with two attached hydrogens (primary N) is 1. The molecule has 2 heterocycles. The zero-order valence-electron chi connectivity index (χ0n) is 12.4. The average molecular weight is 323 g/mol. The van der Waals surface area contributed by atoms with E-state index in [9.17, 15) is 19.1 Å². The van der Waals surface area contributed by atoms with E-state index in [4.69, 9.17) is 10.5 Å². The van der Waals surface area contributed by atoms with E-state index in [1.807, 2.05) is 0 Å². The molecule has 7 nitrogen and oxygen atoms in total. The second-order valence-corrected chi connectivity index (χ2v) is 5.87. The summed E-state index contributed by atoms with van der Waals surface area (Å²) in [6.07, 6.45) is 6.21. The molecule has 0 unspecified atom stereocenters. The van der Waals surface area contributed by atoms with Crippen LogP contribution in [0.25, 0.3) is 0 Å². The van der Waals surface area contributed by atoms with E-state index in [0.717, 1.165) is 23.6 Å². The van der Waals surface area contributed by atoms with Gasteiger partial charge in [0.1, 0.15) is 6.10 Å². The number of aliphatic hydroxyl groups excluding tert-OH is 1. The van der Waals surface area contributed by atoms with Crippen molar-refractivity contribution in [2.45, 2.75) is 37.5 Å². The van der Waals surface area contributed by atoms with Crippen LogP contribution in [-0.2, 0) is 15.3 Å². The zero-order valence-corrected chi connectivity index (χ0v) is 12.4. The molecule has 1 aromatic rings. The van der Waals surface area contributed by atoms with E-state index < -0.39 is 29.2 Å². The number of aromatic nitrogens is 2. The predicted octanol–water partition coefficient (Wildman–Crippen LogP) is 0.324. The van der Waals surface area contributed by atoms with Crippen LogP contribution in [0, 0.1) is 11.7 Å². The third kappa shape index (κ3) is 2.57. The van der Waals surface area contributed by atoms with Gasteiger partial charge in [-0.3, -0.25) is 9.36 Å². The summed E-state index contributed by atoms with van der Waals surface area (Å²) in [6, 6.07) is 0. The van der Waals surface area contributed by atoms with Crippen LogP contribution in [-0.4, -0.2) is 33.2 Å². The lowest BCUT2D eigenvalue weighted by atomic mass is 9.93. The van der Waals surface area contributed by atoms with Crippen LogP contribution in [0.1, 0.15) is 25.7 Å². The summed E-state index contributed by atoms with van der Waals surface area (Å²) in [5, 5.41) is 9.28. The second kappa shape index (κ2) is 5.86. The fourth-order valence-electron chi connectivity index (χ4n) is 3.20. The Hall–Kier alpha value is -2.06. The van der Waals surface area contributed by atoms with Gasteiger partial charge in [0.25, 0.3) is 0 Å². The van der Waals surface area contributed by atoms with Crippen LogP contribution in [0.5, 0.6) is 0 Å². The smallest absolute Gasteiger partial charge is 0.352 e. The number of anilines is 1. The second-order valence-electron chi connectivity index (χ2n) is 5.87. The Bertz CT molecular complexity index is 711. The maximum Gasteiger partial charge on any atom is 0.352 e. The van der Waals surface area contributed by atoms with Crippen molar-refractivity contribution < 1.29 is 19.0 Å². The number of hydrogen-bond acceptors (Lipinski definition) is 6. The maximum absolute atomic E-state index is 13.8. The molecule has 3 N–H and O–H groups in total.